The minimum atomic E-state index is -0.895. The molecular weight excluding hydrogens is 177 g/mol. The fourth-order valence-electron chi connectivity index (χ4n) is 1.72. The Hall–Kier alpha value is -0.110. The molecule has 1 nitrogen and oxygen atoms in total. The van der Waals surface area contributed by atoms with Crippen LogP contribution in [-0.2, 0) is 0 Å². The molecule has 0 aliphatic carbocycles. The SMILES string of the molecule is CC.CC(C)CN1CCC(C)(F)CC1. The highest BCUT2D eigenvalue weighted by Crippen LogP contribution is 2.25. The molecule has 0 atom stereocenters. The van der Waals surface area contributed by atoms with E-state index in [1.54, 1.807) is 6.92 Å². The van der Waals surface area contributed by atoms with E-state index in [2.05, 4.69) is 18.7 Å². The Balaban J connectivity index is 0.000000791. The van der Waals surface area contributed by atoms with E-state index in [4.69, 9.17) is 0 Å². The Morgan fingerprint density at radius 1 is 1.21 bits per heavy atom. The number of nitrogens with zero attached hydrogens (tertiary/aromatic N) is 1. The average molecular weight is 203 g/mol. The van der Waals surface area contributed by atoms with Gasteiger partial charge in [0.15, 0.2) is 0 Å². The monoisotopic (exact) mass is 203 g/mol. The van der Waals surface area contributed by atoms with Gasteiger partial charge in [0.05, 0.1) is 0 Å². The molecular formula is C12H26FN. The molecule has 1 heterocycles. The van der Waals surface area contributed by atoms with E-state index in [0.717, 1.165) is 19.6 Å². The Morgan fingerprint density at radius 2 is 1.64 bits per heavy atom. The third-order valence-electron chi connectivity index (χ3n) is 2.52. The van der Waals surface area contributed by atoms with Crippen LogP contribution in [0.2, 0.25) is 0 Å². The minimum absolute atomic E-state index is 0.703. The van der Waals surface area contributed by atoms with Crippen molar-refractivity contribution in [2.75, 3.05) is 19.6 Å². The Bertz CT molecular complexity index is 133. The molecule has 2 heteroatoms. The fourth-order valence-corrected chi connectivity index (χ4v) is 1.72. The summed E-state index contributed by atoms with van der Waals surface area (Å²) in [6, 6.07) is 0. The second kappa shape index (κ2) is 6.39. The molecule has 1 aliphatic heterocycles. The minimum Gasteiger partial charge on any atom is -0.303 e. The molecule has 1 rings (SSSR count). The number of alkyl halides is 1. The summed E-state index contributed by atoms with van der Waals surface area (Å²) in [6.07, 6.45) is 1.42. The molecule has 0 amide bonds. The smallest absolute Gasteiger partial charge is 0.110 e. The van der Waals surface area contributed by atoms with Crippen molar-refractivity contribution >= 4 is 0 Å². The molecule has 0 unspecified atom stereocenters. The highest BCUT2D eigenvalue weighted by atomic mass is 19.1. The highest BCUT2D eigenvalue weighted by molar-refractivity contribution is 4.82. The van der Waals surface area contributed by atoms with E-state index in [9.17, 15) is 4.39 Å². The number of piperidine rings is 1. The van der Waals surface area contributed by atoms with E-state index < -0.39 is 5.67 Å². The van der Waals surface area contributed by atoms with E-state index >= 15 is 0 Å². The number of hydrogen-bond donors (Lipinski definition) is 0. The number of likely N-dealkylation sites (tertiary alicyclic amines) is 1. The summed E-state index contributed by atoms with van der Waals surface area (Å²) in [7, 11) is 0. The summed E-state index contributed by atoms with van der Waals surface area (Å²) in [4.78, 5) is 2.37. The molecule has 0 bridgehead atoms. The van der Waals surface area contributed by atoms with Gasteiger partial charge < -0.3 is 4.90 Å². The van der Waals surface area contributed by atoms with Crippen LogP contribution in [0.5, 0.6) is 0 Å². The molecule has 1 aliphatic rings. The van der Waals surface area contributed by atoms with Gasteiger partial charge in [0.25, 0.3) is 0 Å². The number of rotatable bonds is 2. The van der Waals surface area contributed by atoms with Crippen LogP contribution in [0.15, 0.2) is 0 Å². The predicted octanol–water partition coefficient (Wildman–Crippen LogP) is 3.49. The van der Waals surface area contributed by atoms with Crippen molar-refractivity contribution in [3.05, 3.63) is 0 Å². The van der Waals surface area contributed by atoms with Crippen molar-refractivity contribution in [3.63, 3.8) is 0 Å². The van der Waals surface area contributed by atoms with E-state index in [1.165, 1.54) is 0 Å². The summed E-state index contributed by atoms with van der Waals surface area (Å²) in [5, 5.41) is 0. The van der Waals surface area contributed by atoms with Gasteiger partial charge in [-0.2, -0.15) is 0 Å². The molecule has 0 aromatic carbocycles. The lowest BCUT2D eigenvalue weighted by Gasteiger charge is -2.34. The lowest BCUT2D eigenvalue weighted by molar-refractivity contribution is 0.0684. The maximum Gasteiger partial charge on any atom is 0.110 e. The van der Waals surface area contributed by atoms with E-state index in [1.807, 2.05) is 13.8 Å². The van der Waals surface area contributed by atoms with Crippen LogP contribution in [0.1, 0.15) is 47.5 Å². The summed E-state index contributed by atoms with van der Waals surface area (Å²) >= 11 is 0. The van der Waals surface area contributed by atoms with Gasteiger partial charge in [0.1, 0.15) is 5.67 Å². The average Bonchev–Trinajstić information content (AvgIpc) is 2.12. The Kier molecular flexibility index (Phi) is 6.34. The predicted molar refractivity (Wildman–Crippen MR) is 61.4 cm³/mol. The molecule has 86 valence electrons. The van der Waals surface area contributed by atoms with Crippen molar-refractivity contribution in [2.24, 2.45) is 5.92 Å². The first kappa shape index (κ1) is 13.9. The summed E-state index contributed by atoms with van der Waals surface area (Å²) < 4.78 is 13.4. The van der Waals surface area contributed by atoms with Crippen LogP contribution in [0.3, 0.4) is 0 Å². The first-order valence-electron chi connectivity index (χ1n) is 5.91. The zero-order valence-electron chi connectivity index (χ0n) is 10.4. The Morgan fingerprint density at radius 3 is 2.00 bits per heavy atom. The zero-order chi connectivity index (χ0) is 11.2. The van der Waals surface area contributed by atoms with Gasteiger partial charge in [-0.1, -0.05) is 27.7 Å². The van der Waals surface area contributed by atoms with Crippen LogP contribution < -0.4 is 0 Å². The van der Waals surface area contributed by atoms with Gasteiger partial charge in [-0.3, -0.25) is 0 Å². The molecule has 14 heavy (non-hydrogen) atoms. The Labute approximate surface area is 88.7 Å². The van der Waals surface area contributed by atoms with Crippen molar-refractivity contribution in [1.82, 2.24) is 4.90 Å². The lowest BCUT2D eigenvalue weighted by Crippen LogP contribution is -2.41. The van der Waals surface area contributed by atoms with Gasteiger partial charge in [-0.25, -0.2) is 4.39 Å². The number of halogens is 1. The summed E-state index contributed by atoms with van der Waals surface area (Å²) in [6.45, 7) is 13.1. The summed E-state index contributed by atoms with van der Waals surface area (Å²) in [5.41, 5.74) is -0.895. The molecule has 0 aromatic heterocycles. The molecule has 0 aromatic rings. The van der Waals surface area contributed by atoms with Gasteiger partial charge >= 0.3 is 0 Å². The molecule has 0 saturated carbocycles. The largest absolute Gasteiger partial charge is 0.303 e. The maximum absolute atomic E-state index is 13.4. The van der Waals surface area contributed by atoms with Crippen LogP contribution in [0, 0.1) is 5.92 Å². The third-order valence-corrected chi connectivity index (χ3v) is 2.52. The molecule has 1 saturated heterocycles. The van der Waals surface area contributed by atoms with Crippen LogP contribution >= 0.6 is 0 Å². The van der Waals surface area contributed by atoms with Gasteiger partial charge in [-0.05, 0) is 25.7 Å². The second-order valence-electron chi connectivity index (χ2n) is 4.61. The topological polar surface area (TPSA) is 3.24 Å². The van der Waals surface area contributed by atoms with Crippen molar-refractivity contribution < 1.29 is 4.39 Å². The highest BCUT2D eigenvalue weighted by Gasteiger charge is 2.29. The molecule has 0 N–H and O–H groups in total. The van der Waals surface area contributed by atoms with Crippen LogP contribution in [0.25, 0.3) is 0 Å². The van der Waals surface area contributed by atoms with E-state index in [0.29, 0.717) is 18.8 Å². The third kappa shape index (κ3) is 5.58. The van der Waals surface area contributed by atoms with Crippen molar-refractivity contribution in [2.45, 2.75) is 53.1 Å². The van der Waals surface area contributed by atoms with Crippen LogP contribution in [0.4, 0.5) is 4.39 Å². The standard InChI is InChI=1S/C10H20FN.C2H6/c1-9(2)8-12-6-4-10(3,11)5-7-12;1-2/h9H,4-8H2,1-3H3;1-2H3. The van der Waals surface area contributed by atoms with Crippen molar-refractivity contribution in [1.29, 1.82) is 0 Å². The van der Waals surface area contributed by atoms with Gasteiger partial charge in [0, 0.05) is 19.6 Å². The van der Waals surface area contributed by atoms with E-state index in [-0.39, 0.29) is 0 Å². The fraction of sp³-hybridized carbons (Fsp3) is 1.00. The number of hydrogen-bond acceptors (Lipinski definition) is 1. The van der Waals surface area contributed by atoms with Crippen molar-refractivity contribution in [3.8, 4) is 0 Å². The summed E-state index contributed by atoms with van der Waals surface area (Å²) in [5.74, 6) is 0.703. The molecule has 0 spiro atoms. The van der Waals surface area contributed by atoms with Gasteiger partial charge in [0.2, 0.25) is 0 Å². The first-order valence-corrected chi connectivity index (χ1v) is 5.91. The normalized spacial score (nSPS) is 21.6. The molecule has 1 fully saturated rings. The quantitative estimate of drug-likeness (QED) is 0.664. The maximum atomic E-state index is 13.4. The van der Waals surface area contributed by atoms with Gasteiger partial charge in [-0.15, -0.1) is 0 Å². The second-order valence-corrected chi connectivity index (χ2v) is 4.61. The van der Waals surface area contributed by atoms with Crippen LogP contribution in [-0.4, -0.2) is 30.2 Å². The lowest BCUT2D eigenvalue weighted by atomic mass is 9.95. The zero-order valence-corrected chi connectivity index (χ0v) is 10.4. The molecule has 0 radical (unpaired) electrons. The first-order chi connectivity index (χ1) is 6.49.